The fourth-order valence-corrected chi connectivity index (χ4v) is 1.91. The highest BCUT2D eigenvalue weighted by Crippen LogP contribution is 2.34. The van der Waals surface area contributed by atoms with E-state index in [1.165, 1.54) is 0 Å². The van der Waals surface area contributed by atoms with Crippen molar-refractivity contribution in [3.8, 4) is 0 Å². The van der Waals surface area contributed by atoms with Gasteiger partial charge in [-0.2, -0.15) is 0 Å². The second-order valence-corrected chi connectivity index (χ2v) is 3.86. The van der Waals surface area contributed by atoms with Crippen LogP contribution < -0.4 is 0 Å². The van der Waals surface area contributed by atoms with Gasteiger partial charge in [-0.15, -0.1) is 0 Å². The summed E-state index contributed by atoms with van der Waals surface area (Å²) >= 11 is 0. The Balaban J connectivity index is 1.70. The van der Waals surface area contributed by atoms with Crippen LogP contribution in [0.2, 0.25) is 0 Å². The molecule has 0 aromatic heterocycles. The Morgan fingerprint density at radius 2 is 2.40 bits per heavy atom. The molecule has 1 fully saturated rings. The molecule has 3 unspecified atom stereocenters. The summed E-state index contributed by atoms with van der Waals surface area (Å²) in [6.07, 6.45) is 5.65. The lowest BCUT2D eigenvalue weighted by Crippen LogP contribution is -2.26. The Labute approximate surface area is 89.2 Å². The number of hydrogen-bond acceptors (Lipinski definition) is 4. The molecule has 84 valence electrons. The van der Waals surface area contributed by atoms with E-state index in [4.69, 9.17) is 14.2 Å². The largest absolute Gasteiger partial charge is 0.438 e. The van der Waals surface area contributed by atoms with Crippen molar-refractivity contribution in [1.82, 2.24) is 0 Å². The second kappa shape index (κ2) is 4.77. The van der Waals surface area contributed by atoms with Gasteiger partial charge in [0.1, 0.15) is 0 Å². The second-order valence-electron chi connectivity index (χ2n) is 3.86. The third kappa shape index (κ3) is 2.38. The molecular weight excluding hydrogens is 196 g/mol. The minimum absolute atomic E-state index is 0.0598. The molecule has 0 spiro atoms. The highest BCUT2D eigenvalue weighted by molar-refractivity contribution is 5.74. The summed E-state index contributed by atoms with van der Waals surface area (Å²) in [6.45, 7) is 2.70. The van der Waals surface area contributed by atoms with Gasteiger partial charge in [-0.3, -0.25) is 4.79 Å². The maximum Gasteiger partial charge on any atom is 0.314 e. The molecule has 0 saturated carbocycles. The van der Waals surface area contributed by atoms with E-state index < -0.39 is 0 Å². The Morgan fingerprint density at radius 3 is 3.00 bits per heavy atom. The van der Waals surface area contributed by atoms with Crippen molar-refractivity contribution in [1.29, 1.82) is 0 Å². The first-order valence-corrected chi connectivity index (χ1v) is 5.39. The summed E-state index contributed by atoms with van der Waals surface area (Å²) in [5.74, 6) is -0.340. The minimum atomic E-state index is -0.206. The van der Waals surface area contributed by atoms with Crippen molar-refractivity contribution in [3.63, 3.8) is 0 Å². The molecule has 0 aliphatic carbocycles. The van der Waals surface area contributed by atoms with Gasteiger partial charge in [0.2, 0.25) is 0 Å². The fraction of sp³-hybridized carbons (Fsp3) is 0.727. The average Bonchev–Trinajstić information content (AvgIpc) is 2.85. The van der Waals surface area contributed by atoms with Crippen molar-refractivity contribution < 1.29 is 19.0 Å². The lowest BCUT2D eigenvalue weighted by Gasteiger charge is -2.14. The predicted octanol–water partition coefficient (Wildman–Crippen LogP) is 1.26. The standard InChI is InChI=1S/C11H16O4/c1-2-5-13-7-14-11(12)9-6-8-3-4-10(9)15-8/h3-4,8-10H,2,5-7H2,1H3. The summed E-state index contributed by atoms with van der Waals surface area (Å²) in [6, 6.07) is 0. The quantitative estimate of drug-likeness (QED) is 0.298. The summed E-state index contributed by atoms with van der Waals surface area (Å²) in [5, 5.41) is 0. The van der Waals surface area contributed by atoms with E-state index in [1.54, 1.807) is 0 Å². The first-order chi connectivity index (χ1) is 7.31. The highest BCUT2D eigenvalue weighted by atomic mass is 16.7. The van der Waals surface area contributed by atoms with Crippen molar-refractivity contribution >= 4 is 5.97 Å². The van der Waals surface area contributed by atoms with Crippen LogP contribution in [0.25, 0.3) is 0 Å². The zero-order chi connectivity index (χ0) is 10.7. The first kappa shape index (κ1) is 10.6. The van der Waals surface area contributed by atoms with Crippen LogP contribution in [0.1, 0.15) is 19.8 Å². The lowest BCUT2D eigenvalue weighted by atomic mass is 9.95. The molecule has 0 aromatic rings. The van der Waals surface area contributed by atoms with Gasteiger partial charge in [0.05, 0.1) is 24.7 Å². The molecule has 2 aliphatic heterocycles. The molecule has 0 radical (unpaired) electrons. The van der Waals surface area contributed by atoms with Crippen LogP contribution in [0.5, 0.6) is 0 Å². The van der Waals surface area contributed by atoms with Crippen LogP contribution in [0.4, 0.5) is 0 Å². The topological polar surface area (TPSA) is 44.8 Å². The van der Waals surface area contributed by atoms with Crippen LogP contribution >= 0.6 is 0 Å². The van der Waals surface area contributed by atoms with E-state index in [2.05, 4.69) is 0 Å². The van der Waals surface area contributed by atoms with Crippen LogP contribution in [-0.4, -0.2) is 31.6 Å². The van der Waals surface area contributed by atoms with Gasteiger partial charge in [-0.05, 0) is 12.8 Å². The zero-order valence-corrected chi connectivity index (χ0v) is 8.85. The maximum absolute atomic E-state index is 11.6. The average molecular weight is 212 g/mol. The molecule has 2 aliphatic rings. The van der Waals surface area contributed by atoms with Gasteiger partial charge >= 0.3 is 5.97 Å². The van der Waals surface area contributed by atoms with Gasteiger partial charge in [0.25, 0.3) is 0 Å². The van der Waals surface area contributed by atoms with E-state index >= 15 is 0 Å². The number of carbonyl (C=O) groups is 1. The number of fused-ring (bicyclic) bond motifs is 2. The number of esters is 1. The van der Waals surface area contributed by atoms with Crippen molar-refractivity contribution in [2.24, 2.45) is 5.92 Å². The number of hydrogen-bond donors (Lipinski definition) is 0. The molecule has 0 amide bonds. The van der Waals surface area contributed by atoms with E-state index in [0.717, 1.165) is 12.8 Å². The van der Waals surface area contributed by atoms with E-state index in [1.807, 2.05) is 19.1 Å². The van der Waals surface area contributed by atoms with Crippen molar-refractivity contribution in [2.75, 3.05) is 13.4 Å². The van der Waals surface area contributed by atoms with Gasteiger partial charge < -0.3 is 14.2 Å². The monoisotopic (exact) mass is 212 g/mol. The van der Waals surface area contributed by atoms with Crippen molar-refractivity contribution in [2.45, 2.75) is 32.0 Å². The Kier molecular flexibility index (Phi) is 3.38. The van der Waals surface area contributed by atoms with Gasteiger partial charge in [0.15, 0.2) is 6.79 Å². The summed E-state index contributed by atoms with van der Waals surface area (Å²) < 4.78 is 15.6. The molecule has 3 atom stereocenters. The van der Waals surface area contributed by atoms with Crippen LogP contribution in [0.3, 0.4) is 0 Å². The van der Waals surface area contributed by atoms with Gasteiger partial charge in [-0.1, -0.05) is 19.1 Å². The minimum Gasteiger partial charge on any atom is -0.438 e. The highest BCUT2D eigenvalue weighted by Gasteiger charge is 2.41. The normalized spacial score (nSPS) is 32.2. The Hall–Kier alpha value is -0.870. The van der Waals surface area contributed by atoms with E-state index in [0.29, 0.717) is 6.61 Å². The predicted molar refractivity (Wildman–Crippen MR) is 53.1 cm³/mol. The third-order valence-corrected chi connectivity index (χ3v) is 2.67. The summed E-state index contributed by atoms with van der Waals surface area (Å²) in [7, 11) is 0. The lowest BCUT2D eigenvalue weighted by molar-refractivity contribution is -0.162. The molecule has 1 saturated heterocycles. The summed E-state index contributed by atoms with van der Waals surface area (Å²) in [5.41, 5.74) is 0. The molecular formula is C11H16O4. The van der Waals surface area contributed by atoms with Crippen LogP contribution in [-0.2, 0) is 19.0 Å². The third-order valence-electron chi connectivity index (χ3n) is 2.67. The summed E-state index contributed by atoms with van der Waals surface area (Å²) in [4.78, 5) is 11.6. The van der Waals surface area contributed by atoms with E-state index in [-0.39, 0.29) is 30.9 Å². The van der Waals surface area contributed by atoms with Crippen molar-refractivity contribution in [3.05, 3.63) is 12.2 Å². The fourth-order valence-electron chi connectivity index (χ4n) is 1.91. The molecule has 4 heteroatoms. The number of carbonyl (C=O) groups excluding carboxylic acids is 1. The molecule has 15 heavy (non-hydrogen) atoms. The first-order valence-electron chi connectivity index (χ1n) is 5.39. The molecule has 0 N–H and O–H groups in total. The Morgan fingerprint density at radius 1 is 1.53 bits per heavy atom. The molecule has 2 bridgehead atoms. The van der Waals surface area contributed by atoms with Crippen LogP contribution in [0, 0.1) is 5.92 Å². The Bertz CT molecular complexity index is 261. The maximum atomic E-state index is 11.6. The number of ether oxygens (including phenoxy) is 3. The van der Waals surface area contributed by atoms with Crippen LogP contribution in [0.15, 0.2) is 12.2 Å². The molecule has 2 heterocycles. The van der Waals surface area contributed by atoms with E-state index in [9.17, 15) is 4.79 Å². The molecule has 4 nitrogen and oxygen atoms in total. The SMILES string of the molecule is CCCOCOC(=O)C1CC2C=CC1O2. The number of rotatable bonds is 5. The smallest absolute Gasteiger partial charge is 0.314 e. The van der Waals surface area contributed by atoms with Gasteiger partial charge in [-0.25, -0.2) is 0 Å². The van der Waals surface area contributed by atoms with Gasteiger partial charge in [0, 0.05) is 0 Å². The zero-order valence-electron chi connectivity index (χ0n) is 8.85. The molecule has 2 rings (SSSR count). The molecule has 0 aromatic carbocycles.